The van der Waals surface area contributed by atoms with Gasteiger partial charge in [-0.25, -0.2) is 23.2 Å². The Hall–Kier alpha value is -4.45. The fourth-order valence-corrected chi connectivity index (χ4v) is 9.42. The number of hydrogen-bond acceptors (Lipinski definition) is 11. The third kappa shape index (κ3) is 8.57. The van der Waals surface area contributed by atoms with E-state index >= 15 is 8.78 Å². The van der Waals surface area contributed by atoms with Crippen LogP contribution in [0.1, 0.15) is 91.2 Å². The molecular weight excluding hydrogens is 767 g/mol. The smallest absolute Gasteiger partial charge is 0.408 e. The van der Waals surface area contributed by atoms with Gasteiger partial charge in [-0.15, -0.1) is 0 Å². The molecule has 1 saturated heterocycles. The van der Waals surface area contributed by atoms with Gasteiger partial charge in [0.1, 0.15) is 29.8 Å². The highest BCUT2D eigenvalue weighted by atomic mass is 32.2. The number of alkyl carbamates (subject to hydrolysis) is 1. The van der Waals surface area contributed by atoms with E-state index < -0.39 is 97.9 Å². The van der Waals surface area contributed by atoms with Crippen molar-refractivity contribution in [3.63, 3.8) is 0 Å². The second-order valence-corrected chi connectivity index (χ2v) is 18.8. The molecule has 57 heavy (non-hydrogen) atoms. The zero-order valence-corrected chi connectivity index (χ0v) is 33.3. The number of allylic oxidation sites excluding steroid dienone is 1. The second kappa shape index (κ2) is 15.4. The number of halogens is 2. The number of rotatable bonds is 6. The van der Waals surface area contributed by atoms with Crippen LogP contribution in [0.4, 0.5) is 13.6 Å². The van der Waals surface area contributed by atoms with Crippen molar-refractivity contribution in [3.8, 4) is 5.88 Å². The van der Waals surface area contributed by atoms with E-state index in [1.165, 1.54) is 11.0 Å². The molecule has 5 aliphatic rings. The van der Waals surface area contributed by atoms with E-state index in [1.54, 1.807) is 45.0 Å². The van der Waals surface area contributed by atoms with Crippen LogP contribution in [-0.4, -0.2) is 101 Å². The average molecular weight is 817 g/mol. The monoisotopic (exact) mass is 816 g/mol. The van der Waals surface area contributed by atoms with E-state index in [9.17, 15) is 27.6 Å². The van der Waals surface area contributed by atoms with Crippen molar-refractivity contribution in [2.75, 3.05) is 13.2 Å². The first-order valence-corrected chi connectivity index (χ1v) is 21.2. The second-order valence-electron chi connectivity index (χ2n) is 16.9. The number of fused-ring (bicyclic) bond motifs is 5. The number of aromatic nitrogens is 2. The molecule has 1 aromatic carbocycles. The van der Waals surface area contributed by atoms with E-state index in [4.69, 9.17) is 14.2 Å². The van der Waals surface area contributed by atoms with Gasteiger partial charge in [0.15, 0.2) is 5.69 Å². The summed E-state index contributed by atoms with van der Waals surface area (Å²) < 4.78 is 77.9. The summed E-state index contributed by atoms with van der Waals surface area (Å²) in [4.78, 5) is 66.1. The third-order valence-electron chi connectivity index (χ3n) is 11.5. The molecule has 3 heterocycles. The number of ether oxygens (including phenoxy) is 3. The Morgan fingerprint density at radius 3 is 2.35 bits per heavy atom. The van der Waals surface area contributed by atoms with E-state index in [2.05, 4.69) is 25.3 Å². The van der Waals surface area contributed by atoms with Crippen LogP contribution in [0.5, 0.6) is 5.88 Å². The summed E-state index contributed by atoms with van der Waals surface area (Å²) in [7, 11) is -3.94. The first-order valence-electron chi connectivity index (χ1n) is 19.7. The maximum atomic E-state index is 16.1. The first kappa shape index (κ1) is 40.7. The number of alkyl halides is 2. The molecule has 0 spiro atoms. The summed E-state index contributed by atoms with van der Waals surface area (Å²) in [5.41, 5.74) is -2.79. The van der Waals surface area contributed by atoms with E-state index in [0.717, 1.165) is 12.8 Å². The Morgan fingerprint density at radius 1 is 1.02 bits per heavy atom. The van der Waals surface area contributed by atoms with Crippen molar-refractivity contribution in [1.29, 1.82) is 0 Å². The zero-order valence-electron chi connectivity index (χ0n) is 32.5. The number of nitrogens with one attached hydrogen (secondary N) is 3. The molecule has 0 radical (unpaired) electrons. The van der Waals surface area contributed by atoms with Crippen LogP contribution in [0.15, 0.2) is 36.4 Å². The fourth-order valence-electron chi connectivity index (χ4n) is 8.06. The summed E-state index contributed by atoms with van der Waals surface area (Å²) in [5, 5.41) is 4.82. The Balaban J connectivity index is 1.26. The van der Waals surface area contributed by atoms with Gasteiger partial charge in [-0.3, -0.25) is 19.1 Å². The number of hydrogen-bond donors (Lipinski definition) is 3. The van der Waals surface area contributed by atoms with Crippen molar-refractivity contribution < 1.29 is 50.6 Å². The number of carbonyl (C=O) groups excluding carboxylic acids is 4. The largest absolute Gasteiger partial charge is 0.471 e. The maximum absolute atomic E-state index is 16.1. The van der Waals surface area contributed by atoms with E-state index in [0.29, 0.717) is 38.2 Å². The predicted molar refractivity (Wildman–Crippen MR) is 201 cm³/mol. The molecule has 3 aliphatic carbocycles. The first-order chi connectivity index (χ1) is 26.9. The Morgan fingerprint density at radius 2 is 1.70 bits per heavy atom. The fraction of sp³-hybridized carbons (Fsp3) is 0.641. The van der Waals surface area contributed by atoms with E-state index in [1.807, 2.05) is 6.92 Å². The number of benzene rings is 1. The lowest BCUT2D eigenvalue weighted by Gasteiger charge is -2.36. The van der Waals surface area contributed by atoms with Crippen LogP contribution in [-0.2, 0) is 39.8 Å². The van der Waals surface area contributed by atoms with Crippen molar-refractivity contribution >= 4 is 44.9 Å². The summed E-state index contributed by atoms with van der Waals surface area (Å²) in [6, 6.07) is 3.87. The molecule has 7 atom stereocenters. The zero-order chi connectivity index (χ0) is 40.9. The van der Waals surface area contributed by atoms with Crippen LogP contribution in [0.3, 0.4) is 0 Å². The number of amides is 4. The molecule has 1 aromatic heterocycles. The van der Waals surface area contributed by atoms with Crippen LogP contribution >= 0.6 is 0 Å². The van der Waals surface area contributed by atoms with Crippen molar-refractivity contribution in [2.24, 2.45) is 11.3 Å². The Kier molecular flexibility index (Phi) is 11.0. The number of carbonyl (C=O) groups is 4. The minimum Gasteiger partial charge on any atom is -0.471 e. The van der Waals surface area contributed by atoms with Crippen LogP contribution in [0, 0.1) is 11.3 Å². The molecule has 3 N–H and O–H groups in total. The van der Waals surface area contributed by atoms with Crippen LogP contribution in [0.2, 0.25) is 0 Å². The van der Waals surface area contributed by atoms with Crippen LogP contribution < -0.4 is 20.1 Å². The van der Waals surface area contributed by atoms with Gasteiger partial charge >= 0.3 is 12.0 Å². The SMILES string of the molecule is CC[C@@H]1C[C@]1(NC(=O)[C@@H]1C[C@@H]2CN1C(=O)[C@H](C(C)(C)C)NC(=O)O[C@@H]1CCCC[C@H]1OC/C=C/C(F)(F)c1nc3ccccc3nc1O2)C(=O)NS(=O)(=O)C1CC1. The van der Waals surface area contributed by atoms with Crippen molar-refractivity contribution in [3.05, 3.63) is 42.1 Å². The highest BCUT2D eigenvalue weighted by molar-refractivity contribution is 7.91. The minimum absolute atomic E-state index is 0.171. The topological polar surface area (TPSA) is 195 Å². The number of nitrogens with zero attached hydrogens (tertiary/aromatic N) is 3. The highest BCUT2D eigenvalue weighted by Crippen LogP contribution is 2.47. The summed E-state index contributed by atoms with van der Waals surface area (Å²) >= 11 is 0. The molecule has 18 heteroatoms. The van der Waals surface area contributed by atoms with Gasteiger partial charge in [-0.05, 0) is 68.1 Å². The number of sulfonamides is 1. The van der Waals surface area contributed by atoms with E-state index in [-0.39, 0.29) is 42.9 Å². The molecule has 310 valence electrons. The molecule has 2 aliphatic heterocycles. The maximum Gasteiger partial charge on any atom is 0.408 e. The lowest BCUT2D eigenvalue weighted by Crippen LogP contribution is -2.60. The summed E-state index contributed by atoms with van der Waals surface area (Å²) in [6.45, 7) is 6.50. The molecular formula is C39H50F2N6O9S. The Labute approximate surface area is 330 Å². The molecule has 2 bridgehead atoms. The molecule has 4 amide bonds. The molecule has 4 fully saturated rings. The van der Waals surface area contributed by atoms with Gasteiger partial charge in [-0.2, -0.15) is 8.78 Å². The molecule has 15 nitrogen and oxygen atoms in total. The standard InChI is InChI=1S/C39H50F2N6O9S/c1-5-22-20-38(22,35(50)46-57(52,53)24-15-16-24)45-32(48)27-19-23-21-47(27)34(49)31(37(2,3)4)44-36(51)56-29-14-9-8-13-28(29)54-18-10-17-39(40,41)30-33(55-23)43-26-12-7-6-11-25(26)42-30/h6-7,10-12,17,22-24,27-29,31H,5,8-9,13-16,18-21H2,1-4H3,(H,44,51)(H,45,48)(H,46,50)/b17-10+/t22-,23-,27+,28-,29-,31-,38-/m1/s1. The molecule has 2 aromatic rings. The van der Waals surface area contributed by atoms with Gasteiger partial charge in [-0.1, -0.05) is 58.7 Å². The number of para-hydroxylation sites is 2. The van der Waals surface area contributed by atoms with Crippen molar-refractivity contribution in [1.82, 2.24) is 30.2 Å². The average Bonchev–Trinajstić information content (AvgIpc) is 4.08. The molecule has 0 unspecified atom stereocenters. The van der Waals surface area contributed by atoms with Gasteiger partial charge in [0, 0.05) is 6.42 Å². The third-order valence-corrected chi connectivity index (χ3v) is 13.4. The Bertz CT molecular complexity index is 2060. The van der Waals surface area contributed by atoms with Gasteiger partial charge < -0.3 is 29.7 Å². The van der Waals surface area contributed by atoms with Gasteiger partial charge in [0.2, 0.25) is 27.7 Å². The lowest BCUT2D eigenvalue weighted by atomic mass is 9.85. The quantitative estimate of drug-likeness (QED) is 0.357. The minimum atomic E-state index is -3.94. The van der Waals surface area contributed by atoms with Gasteiger partial charge in [0.05, 0.1) is 35.5 Å². The van der Waals surface area contributed by atoms with Gasteiger partial charge in [0.25, 0.3) is 5.91 Å². The molecule has 3 saturated carbocycles. The summed E-state index contributed by atoms with van der Waals surface area (Å²) in [5.74, 6) is -6.89. The summed E-state index contributed by atoms with van der Waals surface area (Å²) in [6.07, 6.45) is 2.32. The highest BCUT2D eigenvalue weighted by Gasteiger charge is 2.62. The molecule has 7 rings (SSSR count). The van der Waals surface area contributed by atoms with Crippen molar-refractivity contribution in [2.45, 2.75) is 133 Å². The normalized spacial score (nSPS) is 31.3. The lowest BCUT2D eigenvalue weighted by molar-refractivity contribution is -0.143. The predicted octanol–water partition coefficient (Wildman–Crippen LogP) is 4.00. The van der Waals surface area contributed by atoms with Crippen LogP contribution in [0.25, 0.3) is 11.0 Å².